The molecule has 0 atom stereocenters. The minimum atomic E-state index is 1.22. The molecule has 4 aromatic carbocycles. The molecule has 4 rings (SSSR count). The maximum atomic E-state index is 2.24. The first kappa shape index (κ1) is 17.1. The molecule has 4 aromatic rings. The van der Waals surface area contributed by atoms with E-state index in [2.05, 4.69) is 110 Å². The van der Waals surface area contributed by atoms with Crippen LogP contribution in [0, 0.1) is 0 Å². The van der Waals surface area contributed by atoms with Crippen molar-refractivity contribution < 1.29 is 0 Å². The molecule has 0 saturated heterocycles. The van der Waals surface area contributed by atoms with Crippen LogP contribution in [0.1, 0.15) is 18.1 Å². The Kier molecular flexibility index (Phi) is 4.98. The van der Waals surface area contributed by atoms with Gasteiger partial charge in [0.15, 0.2) is 0 Å². The Morgan fingerprint density at radius 2 is 0.889 bits per heavy atom. The highest BCUT2D eigenvalue weighted by Gasteiger charge is 2.01. The predicted molar refractivity (Wildman–Crippen MR) is 117 cm³/mol. The fraction of sp³-hybridized carbons (Fsp3) is 0.0370. The summed E-state index contributed by atoms with van der Waals surface area (Å²) in [6.45, 7) is 2.17. The molecule has 0 nitrogen and oxygen atoms in total. The maximum Gasteiger partial charge on any atom is -0.0184 e. The fourth-order valence-electron chi connectivity index (χ4n) is 3.29. The van der Waals surface area contributed by atoms with Gasteiger partial charge in [0.05, 0.1) is 0 Å². The highest BCUT2D eigenvalue weighted by Crippen LogP contribution is 2.25. The van der Waals surface area contributed by atoms with Gasteiger partial charge >= 0.3 is 0 Å². The zero-order chi connectivity index (χ0) is 18.5. The molecule has 0 unspecified atom stereocenters. The Labute approximate surface area is 161 Å². The number of benzene rings is 4. The normalized spacial score (nSPS) is 11.4. The first-order chi connectivity index (χ1) is 13.3. The molecule has 0 aliphatic heterocycles. The van der Waals surface area contributed by atoms with Crippen LogP contribution in [0.25, 0.3) is 33.9 Å². The standard InChI is InChI=1S/C27H22/c1-21(23-16-18-27(19-17-23)25-10-6-3-7-11-25)20-22-12-14-26(15-13-22)24-8-4-2-5-9-24/h2-20H,1H3/b21-20-. The molecule has 27 heavy (non-hydrogen) atoms. The average Bonchev–Trinajstić information content (AvgIpc) is 2.76. The van der Waals surface area contributed by atoms with E-state index < -0.39 is 0 Å². The highest BCUT2D eigenvalue weighted by atomic mass is 14.1. The number of hydrogen-bond donors (Lipinski definition) is 0. The molecule has 0 heterocycles. The van der Waals surface area contributed by atoms with Gasteiger partial charge in [-0.3, -0.25) is 0 Å². The van der Waals surface area contributed by atoms with Crippen molar-refractivity contribution in [2.45, 2.75) is 6.92 Å². The molecule has 0 amide bonds. The van der Waals surface area contributed by atoms with Gasteiger partial charge in [-0.2, -0.15) is 0 Å². The Hall–Kier alpha value is -3.38. The molecule has 0 saturated carbocycles. The number of allylic oxidation sites excluding steroid dienone is 1. The summed E-state index contributed by atoms with van der Waals surface area (Å²) in [6.07, 6.45) is 2.24. The zero-order valence-corrected chi connectivity index (χ0v) is 15.5. The van der Waals surface area contributed by atoms with Crippen LogP contribution in [0.2, 0.25) is 0 Å². The van der Waals surface area contributed by atoms with Crippen molar-refractivity contribution in [3.8, 4) is 22.3 Å². The number of hydrogen-bond acceptors (Lipinski definition) is 0. The van der Waals surface area contributed by atoms with E-state index in [0.29, 0.717) is 0 Å². The van der Waals surface area contributed by atoms with Gasteiger partial charge in [-0.1, -0.05) is 115 Å². The third-order valence-corrected chi connectivity index (χ3v) is 4.85. The first-order valence-corrected chi connectivity index (χ1v) is 9.29. The summed E-state index contributed by atoms with van der Waals surface area (Å²) >= 11 is 0. The van der Waals surface area contributed by atoms with Gasteiger partial charge < -0.3 is 0 Å². The second-order valence-electron chi connectivity index (χ2n) is 6.76. The topological polar surface area (TPSA) is 0 Å². The summed E-state index contributed by atoms with van der Waals surface area (Å²) in [5.41, 5.74) is 8.74. The van der Waals surface area contributed by atoms with Crippen LogP contribution < -0.4 is 0 Å². The van der Waals surface area contributed by atoms with Crippen LogP contribution in [0.4, 0.5) is 0 Å². The van der Waals surface area contributed by atoms with E-state index in [4.69, 9.17) is 0 Å². The van der Waals surface area contributed by atoms with Crippen LogP contribution in [0.3, 0.4) is 0 Å². The minimum absolute atomic E-state index is 1.22. The molecule has 0 bridgehead atoms. The number of rotatable bonds is 4. The molecule has 0 N–H and O–H groups in total. The van der Waals surface area contributed by atoms with Crippen molar-refractivity contribution in [3.05, 3.63) is 120 Å². The summed E-state index contributed by atoms with van der Waals surface area (Å²) in [7, 11) is 0. The summed E-state index contributed by atoms with van der Waals surface area (Å²) in [4.78, 5) is 0. The van der Waals surface area contributed by atoms with Crippen LogP contribution in [-0.2, 0) is 0 Å². The predicted octanol–water partition coefficient (Wildman–Crippen LogP) is 7.58. The quantitative estimate of drug-likeness (QED) is 0.334. The third kappa shape index (κ3) is 4.07. The second-order valence-corrected chi connectivity index (χ2v) is 6.76. The average molecular weight is 346 g/mol. The van der Waals surface area contributed by atoms with E-state index in [1.54, 1.807) is 0 Å². The van der Waals surface area contributed by atoms with Gasteiger partial charge in [0.2, 0.25) is 0 Å². The molecule has 0 aromatic heterocycles. The summed E-state index contributed by atoms with van der Waals surface area (Å²) in [5.74, 6) is 0. The lowest BCUT2D eigenvalue weighted by Crippen LogP contribution is -1.83. The van der Waals surface area contributed by atoms with Crippen LogP contribution in [0.5, 0.6) is 0 Å². The highest BCUT2D eigenvalue weighted by molar-refractivity contribution is 5.81. The largest absolute Gasteiger partial charge is 0.0622 e. The molecule has 0 aliphatic carbocycles. The van der Waals surface area contributed by atoms with Crippen molar-refractivity contribution in [2.24, 2.45) is 0 Å². The van der Waals surface area contributed by atoms with Gasteiger partial charge in [-0.25, -0.2) is 0 Å². The van der Waals surface area contributed by atoms with Gasteiger partial charge in [0.25, 0.3) is 0 Å². The summed E-state index contributed by atoms with van der Waals surface area (Å²) < 4.78 is 0. The van der Waals surface area contributed by atoms with Gasteiger partial charge in [-0.05, 0) is 45.9 Å². The summed E-state index contributed by atoms with van der Waals surface area (Å²) in [6, 6.07) is 38.5. The van der Waals surface area contributed by atoms with Crippen LogP contribution in [-0.4, -0.2) is 0 Å². The van der Waals surface area contributed by atoms with E-state index in [-0.39, 0.29) is 0 Å². The Morgan fingerprint density at radius 3 is 1.37 bits per heavy atom. The van der Waals surface area contributed by atoms with E-state index in [0.717, 1.165) is 0 Å². The van der Waals surface area contributed by atoms with Gasteiger partial charge in [0, 0.05) is 0 Å². The SMILES string of the molecule is C/C(=C/c1ccc(-c2ccccc2)cc1)c1ccc(-c2ccccc2)cc1. The third-order valence-electron chi connectivity index (χ3n) is 4.85. The molecule has 0 radical (unpaired) electrons. The van der Waals surface area contributed by atoms with Crippen molar-refractivity contribution in [1.82, 2.24) is 0 Å². The Balaban J connectivity index is 1.54. The maximum absolute atomic E-state index is 2.24. The van der Waals surface area contributed by atoms with Crippen LogP contribution >= 0.6 is 0 Å². The fourth-order valence-corrected chi connectivity index (χ4v) is 3.29. The van der Waals surface area contributed by atoms with Crippen molar-refractivity contribution in [1.29, 1.82) is 0 Å². The molecule has 0 fully saturated rings. The molecular weight excluding hydrogens is 324 g/mol. The molecule has 0 heteroatoms. The molecule has 0 aliphatic rings. The van der Waals surface area contributed by atoms with E-state index in [1.165, 1.54) is 39.0 Å². The smallest absolute Gasteiger partial charge is 0.0184 e. The van der Waals surface area contributed by atoms with E-state index in [1.807, 2.05) is 12.1 Å². The first-order valence-electron chi connectivity index (χ1n) is 9.29. The second kappa shape index (κ2) is 7.88. The van der Waals surface area contributed by atoms with Crippen LogP contribution in [0.15, 0.2) is 109 Å². The Bertz CT molecular complexity index is 1020. The molecular formula is C27H22. The van der Waals surface area contributed by atoms with Gasteiger partial charge in [0.1, 0.15) is 0 Å². The zero-order valence-electron chi connectivity index (χ0n) is 15.5. The Morgan fingerprint density at radius 1 is 0.481 bits per heavy atom. The van der Waals surface area contributed by atoms with E-state index >= 15 is 0 Å². The molecule has 0 spiro atoms. The lowest BCUT2D eigenvalue weighted by atomic mass is 9.99. The van der Waals surface area contributed by atoms with Crippen molar-refractivity contribution >= 4 is 11.6 Å². The van der Waals surface area contributed by atoms with Crippen molar-refractivity contribution in [3.63, 3.8) is 0 Å². The summed E-state index contributed by atoms with van der Waals surface area (Å²) in [5, 5.41) is 0. The minimum Gasteiger partial charge on any atom is -0.0622 e. The lowest BCUT2D eigenvalue weighted by Gasteiger charge is -2.06. The molecule has 130 valence electrons. The van der Waals surface area contributed by atoms with Crippen molar-refractivity contribution in [2.75, 3.05) is 0 Å². The van der Waals surface area contributed by atoms with E-state index in [9.17, 15) is 0 Å². The van der Waals surface area contributed by atoms with Gasteiger partial charge in [-0.15, -0.1) is 0 Å². The lowest BCUT2D eigenvalue weighted by molar-refractivity contribution is 1.55. The monoisotopic (exact) mass is 346 g/mol.